The average molecular weight is 769 g/mol. The highest BCUT2D eigenvalue weighted by Gasteiger charge is 2.33. The van der Waals surface area contributed by atoms with E-state index in [2.05, 4.69) is 13.8 Å². The van der Waals surface area contributed by atoms with E-state index < -0.39 is 29.6 Å². The third-order valence-electron chi connectivity index (χ3n) is 11.5. The second kappa shape index (κ2) is 21.2. The SMILES string of the molecule is CCCC1CCC(C(CO)CO)CC1.CCCC1CCC(C2COC(c3ccc4cc(F)c(F)cc4c3)OC2)OC1.O=Cc1ccc2cc(F)c(F)cc2c1. The Morgan fingerprint density at radius 1 is 0.636 bits per heavy atom. The molecule has 4 aromatic carbocycles. The number of carbonyl (C=O) groups excluding carboxylic acids is 1. The quantitative estimate of drug-likeness (QED) is 0.123. The second-order valence-corrected chi connectivity index (χ2v) is 15.4. The Morgan fingerprint density at radius 2 is 1.16 bits per heavy atom. The molecule has 2 atom stereocenters. The summed E-state index contributed by atoms with van der Waals surface area (Å²) in [7, 11) is 0. The van der Waals surface area contributed by atoms with Crippen molar-refractivity contribution in [3.05, 3.63) is 95.1 Å². The molecule has 2 saturated heterocycles. The molecular weight excluding hydrogens is 712 g/mol. The molecule has 4 aromatic rings. The monoisotopic (exact) mass is 768 g/mol. The summed E-state index contributed by atoms with van der Waals surface area (Å²) >= 11 is 0. The van der Waals surface area contributed by atoms with Crippen molar-refractivity contribution in [2.24, 2.45) is 29.6 Å². The molecule has 7 rings (SSSR count). The minimum atomic E-state index is -0.902. The number of benzene rings is 4. The van der Waals surface area contributed by atoms with Gasteiger partial charge in [-0.05, 0) is 108 Å². The largest absolute Gasteiger partial charge is 0.396 e. The third-order valence-corrected chi connectivity index (χ3v) is 11.5. The molecule has 1 saturated carbocycles. The van der Waals surface area contributed by atoms with Gasteiger partial charge in [0.1, 0.15) is 6.29 Å². The maximum Gasteiger partial charge on any atom is 0.183 e. The van der Waals surface area contributed by atoms with Crippen LogP contribution in [-0.2, 0) is 14.2 Å². The van der Waals surface area contributed by atoms with Crippen molar-refractivity contribution in [3.63, 3.8) is 0 Å². The molecule has 3 fully saturated rings. The predicted octanol–water partition coefficient (Wildman–Crippen LogP) is 10.5. The summed E-state index contributed by atoms with van der Waals surface area (Å²) < 4.78 is 70.4. The van der Waals surface area contributed by atoms with Crippen molar-refractivity contribution in [1.82, 2.24) is 0 Å². The van der Waals surface area contributed by atoms with Gasteiger partial charge in [0, 0.05) is 42.8 Å². The normalized spacial score (nSPS) is 24.2. The smallest absolute Gasteiger partial charge is 0.183 e. The van der Waals surface area contributed by atoms with Crippen LogP contribution >= 0.6 is 0 Å². The predicted molar refractivity (Wildman–Crippen MR) is 207 cm³/mol. The van der Waals surface area contributed by atoms with E-state index in [1.165, 1.54) is 76.0 Å². The molecule has 0 radical (unpaired) electrons. The number of hydrogen-bond acceptors (Lipinski definition) is 6. The molecule has 2 N–H and O–H groups in total. The van der Waals surface area contributed by atoms with Crippen LogP contribution in [0.25, 0.3) is 21.5 Å². The van der Waals surface area contributed by atoms with Gasteiger partial charge in [0.25, 0.3) is 0 Å². The summed E-state index contributed by atoms with van der Waals surface area (Å²) in [6, 6.07) is 14.7. The van der Waals surface area contributed by atoms with Crippen LogP contribution in [0, 0.1) is 52.9 Å². The maximum absolute atomic E-state index is 13.5. The van der Waals surface area contributed by atoms with E-state index in [9.17, 15) is 22.4 Å². The van der Waals surface area contributed by atoms with Crippen LogP contribution in [0.3, 0.4) is 0 Å². The van der Waals surface area contributed by atoms with Crippen LogP contribution in [-0.4, -0.2) is 55.6 Å². The Balaban J connectivity index is 0.000000175. The minimum Gasteiger partial charge on any atom is -0.396 e. The number of carbonyl (C=O) groups is 1. The molecule has 3 aliphatic rings. The van der Waals surface area contributed by atoms with Crippen molar-refractivity contribution >= 4 is 27.8 Å². The van der Waals surface area contributed by atoms with E-state index in [1.54, 1.807) is 24.3 Å². The summed E-state index contributed by atoms with van der Waals surface area (Å²) in [6.45, 7) is 6.78. The van der Waals surface area contributed by atoms with E-state index in [0.717, 1.165) is 36.6 Å². The first-order chi connectivity index (χ1) is 26.7. The van der Waals surface area contributed by atoms with Gasteiger partial charge in [-0.1, -0.05) is 70.2 Å². The van der Waals surface area contributed by atoms with Gasteiger partial charge in [-0.15, -0.1) is 0 Å². The summed E-state index contributed by atoms with van der Waals surface area (Å²) in [5.41, 5.74) is 1.27. The van der Waals surface area contributed by atoms with Crippen LogP contribution in [0.2, 0.25) is 0 Å². The molecule has 2 heterocycles. The standard InChI is InChI=1S/C22H26F2O3.C12H24O2.C11H6F2O/c1-2-3-14-4-7-21(25-11-14)18-12-26-22(27-13-18)16-6-5-15-9-19(23)20(24)10-17(15)8-16;1-2-3-10-4-6-11(7-5-10)12(8-13)9-14;12-10-4-8-2-1-7(6-14)3-9(8)5-11(10)13/h5-6,8-10,14,18,21-22H,2-4,7,11-13H2,1H3;10-14H,2-9H2,1H3;1-6H. The van der Waals surface area contributed by atoms with E-state index in [-0.39, 0.29) is 31.2 Å². The number of fused-ring (bicyclic) bond motifs is 2. The topological polar surface area (TPSA) is 85.2 Å². The first-order valence-corrected chi connectivity index (χ1v) is 19.9. The first kappa shape index (κ1) is 42.7. The molecule has 2 aliphatic heterocycles. The van der Waals surface area contributed by atoms with Crippen molar-refractivity contribution in [2.45, 2.75) is 90.4 Å². The highest BCUT2D eigenvalue weighted by molar-refractivity contribution is 5.89. The molecule has 10 heteroatoms. The third kappa shape index (κ3) is 11.8. The van der Waals surface area contributed by atoms with E-state index in [1.807, 2.05) is 6.07 Å². The highest BCUT2D eigenvalue weighted by Crippen LogP contribution is 2.36. The van der Waals surface area contributed by atoms with Crippen molar-refractivity contribution in [1.29, 1.82) is 0 Å². The zero-order chi connectivity index (χ0) is 39.3. The fraction of sp³-hybridized carbons (Fsp3) is 0.533. The number of rotatable bonds is 10. The Morgan fingerprint density at radius 3 is 1.69 bits per heavy atom. The van der Waals surface area contributed by atoms with Gasteiger partial charge in [-0.3, -0.25) is 4.79 Å². The molecule has 300 valence electrons. The second-order valence-electron chi connectivity index (χ2n) is 15.4. The zero-order valence-corrected chi connectivity index (χ0v) is 32.0. The van der Waals surface area contributed by atoms with Crippen LogP contribution in [0.15, 0.2) is 60.7 Å². The first-order valence-electron chi connectivity index (χ1n) is 19.9. The van der Waals surface area contributed by atoms with Gasteiger partial charge in [0.2, 0.25) is 0 Å². The van der Waals surface area contributed by atoms with Gasteiger partial charge < -0.3 is 24.4 Å². The van der Waals surface area contributed by atoms with E-state index in [0.29, 0.717) is 58.4 Å². The lowest BCUT2D eigenvalue weighted by Crippen LogP contribution is -2.40. The Bertz CT molecular complexity index is 1790. The highest BCUT2D eigenvalue weighted by atomic mass is 19.2. The van der Waals surface area contributed by atoms with Crippen LogP contribution in [0.1, 0.15) is 100 Å². The lowest BCUT2D eigenvalue weighted by atomic mass is 9.75. The Kier molecular flexibility index (Phi) is 16.5. The summed E-state index contributed by atoms with van der Waals surface area (Å²) in [5, 5.41) is 20.6. The van der Waals surface area contributed by atoms with E-state index in [4.69, 9.17) is 24.4 Å². The fourth-order valence-corrected chi connectivity index (χ4v) is 8.21. The zero-order valence-electron chi connectivity index (χ0n) is 32.0. The number of halogens is 4. The lowest BCUT2D eigenvalue weighted by Gasteiger charge is -2.37. The van der Waals surface area contributed by atoms with Gasteiger partial charge >= 0.3 is 0 Å². The molecule has 1 aliphatic carbocycles. The molecular formula is C45H56F4O6. The number of aldehydes is 1. The fourth-order valence-electron chi connectivity index (χ4n) is 8.21. The number of aliphatic hydroxyl groups is 2. The summed E-state index contributed by atoms with van der Waals surface area (Å²) in [5.74, 6) is -0.914. The molecule has 2 unspecified atom stereocenters. The van der Waals surface area contributed by atoms with Gasteiger partial charge in [0.05, 0.1) is 19.3 Å². The summed E-state index contributed by atoms with van der Waals surface area (Å²) in [6.07, 6.45) is 12.8. The minimum absolute atomic E-state index is 0.137. The molecule has 55 heavy (non-hydrogen) atoms. The lowest BCUT2D eigenvalue weighted by molar-refractivity contribution is -0.227. The van der Waals surface area contributed by atoms with Crippen molar-refractivity contribution < 1.29 is 46.8 Å². The average Bonchev–Trinajstić information content (AvgIpc) is 3.21. The number of aliphatic hydroxyl groups excluding tert-OH is 2. The van der Waals surface area contributed by atoms with Crippen LogP contribution in [0.5, 0.6) is 0 Å². The van der Waals surface area contributed by atoms with Crippen molar-refractivity contribution in [2.75, 3.05) is 33.0 Å². The molecule has 0 bridgehead atoms. The molecule has 0 amide bonds. The van der Waals surface area contributed by atoms with Gasteiger partial charge in [-0.2, -0.15) is 0 Å². The Hall–Kier alpha value is -3.41. The van der Waals surface area contributed by atoms with Crippen molar-refractivity contribution in [3.8, 4) is 0 Å². The summed E-state index contributed by atoms with van der Waals surface area (Å²) in [4.78, 5) is 10.4. The van der Waals surface area contributed by atoms with Crippen LogP contribution < -0.4 is 0 Å². The van der Waals surface area contributed by atoms with Crippen LogP contribution in [0.4, 0.5) is 17.6 Å². The molecule has 0 aromatic heterocycles. The van der Waals surface area contributed by atoms with E-state index >= 15 is 0 Å². The van der Waals surface area contributed by atoms with Gasteiger partial charge in [0.15, 0.2) is 29.6 Å². The Labute approximate surface area is 322 Å². The number of hydrogen-bond donors (Lipinski definition) is 2. The molecule has 6 nitrogen and oxygen atoms in total. The number of ether oxygens (including phenoxy) is 3. The maximum atomic E-state index is 13.5. The molecule has 0 spiro atoms. The van der Waals surface area contributed by atoms with Gasteiger partial charge in [-0.25, -0.2) is 17.6 Å².